The number of nitrogens with two attached hydrogens (primary N) is 1. The van der Waals surface area contributed by atoms with Crippen LogP contribution >= 0.6 is 11.3 Å². The zero-order valence-corrected chi connectivity index (χ0v) is 12.6. The molecule has 0 saturated carbocycles. The van der Waals surface area contributed by atoms with Crippen molar-refractivity contribution >= 4 is 27.0 Å². The molecule has 1 aromatic carbocycles. The van der Waals surface area contributed by atoms with Gasteiger partial charge in [0.25, 0.3) is 0 Å². The minimum atomic E-state index is -3.81. The minimum absolute atomic E-state index is 0.0657. The number of nitrogens with zero attached hydrogens (tertiary/aromatic N) is 1. The van der Waals surface area contributed by atoms with E-state index in [-0.39, 0.29) is 22.7 Å². The summed E-state index contributed by atoms with van der Waals surface area (Å²) in [5.41, 5.74) is 5.93. The average molecular weight is 315 g/mol. The maximum Gasteiger partial charge on any atom is 0.241 e. The van der Waals surface area contributed by atoms with Crippen molar-refractivity contribution in [2.24, 2.45) is 0 Å². The van der Waals surface area contributed by atoms with Crippen LogP contribution in [-0.4, -0.2) is 13.4 Å². The lowest BCUT2D eigenvalue weighted by molar-refractivity contribution is 0.576. The molecule has 0 spiro atoms. The second-order valence-electron chi connectivity index (χ2n) is 4.31. The quantitative estimate of drug-likeness (QED) is 0.845. The molecule has 0 aliphatic carbocycles. The molecule has 108 valence electrons. The summed E-state index contributed by atoms with van der Waals surface area (Å²) in [6.45, 7) is 3.44. The number of aromatic nitrogens is 1. The van der Waals surface area contributed by atoms with Crippen LogP contribution in [0.4, 0.5) is 10.1 Å². The number of benzene rings is 1. The van der Waals surface area contributed by atoms with Gasteiger partial charge in [0, 0.05) is 22.3 Å². The molecule has 2 aromatic rings. The second-order valence-corrected chi connectivity index (χ2v) is 7.39. The highest BCUT2D eigenvalue weighted by Gasteiger charge is 2.17. The first-order valence-electron chi connectivity index (χ1n) is 5.76. The van der Waals surface area contributed by atoms with Gasteiger partial charge >= 0.3 is 0 Å². The lowest BCUT2D eigenvalue weighted by Crippen LogP contribution is -2.23. The summed E-state index contributed by atoms with van der Waals surface area (Å²) < 4.78 is 40.1. The third kappa shape index (κ3) is 3.14. The Morgan fingerprint density at radius 3 is 2.65 bits per heavy atom. The highest BCUT2D eigenvalue weighted by atomic mass is 32.2. The van der Waals surface area contributed by atoms with Crippen molar-refractivity contribution in [3.8, 4) is 0 Å². The smallest absolute Gasteiger partial charge is 0.241 e. The SMILES string of the molecule is Cc1cnc(CNS(=O)(=O)c2cc(N)c(C)c(F)c2)s1. The molecule has 8 heteroatoms. The first-order valence-corrected chi connectivity index (χ1v) is 8.06. The number of rotatable bonds is 4. The van der Waals surface area contributed by atoms with Gasteiger partial charge in [0.15, 0.2) is 0 Å². The third-order valence-electron chi connectivity index (χ3n) is 2.75. The number of sulfonamides is 1. The zero-order valence-electron chi connectivity index (χ0n) is 11.0. The Bertz CT molecular complexity index is 718. The van der Waals surface area contributed by atoms with Gasteiger partial charge < -0.3 is 5.73 Å². The lowest BCUT2D eigenvalue weighted by Gasteiger charge is -2.08. The maximum absolute atomic E-state index is 13.6. The normalized spacial score (nSPS) is 11.8. The van der Waals surface area contributed by atoms with Gasteiger partial charge in [-0.3, -0.25) is 0 Å². The molecular weight excluding hydrogens is 301 g/mol. The number of hydrogen-bond donors (Lipinski definition) is 2. The molecule has 0 radical (unpaired) electrons. The van der Waals surface area contributed by atoms with E-state index in [4.69, 9.17) is 5.73 Å². The third-order valence-corrected chi connectivity index (χ3v) is 5.04. The first kappa shape index (κ1) is 14.9. The van der Waals surface area contributed by atoms with Crippen molar-refractivity contribution in [1.82, 2.24) is 9.71 Å². The highest BCUT2D eigenvalue weighted by Crippen LogP contribution is 2.21. The van der Waals surface area contributed by atoms with Gasteiger partial charge in [-0.2, -0.15) is 0 Å². The molecule has 0 atom stereocenters. The molecule has 0 saturated heterocycles. The first-order chi connectivity index (χ1) is 9.29. The van der Waals surface area contributed by atoms with Crippen LogP contribution in [0.5, 0.6) is 0 Å². The molecular formula is C12H14FN3O2S2. The Labute approximate surface area is 120 Å². The van der Waals surface area contributed by atoms with Gasteiger partial charge in [-0.25, -0.2) is 22.5 Å². The van der Waals surface area contributed by atoms with Crippen LogP contribution in [0.3, 0.4) is 0 Å². The molecule has 1 heterocycles. The van der Waals surface area contributed by atoms with Crippen LogP contribution in [-0.2, 0) is 16.6 Å². The van der Waals surface area contributed by atoms with Crippen molar-refractivity contribution in [3.05, 3.63) is 39.6 Å². The van der Waals surface area contributed by atoms with E-state index in [1.807, 2.05) is 6.92 Å². The summed E-state index contributed by atoms with van der Waals surface area (Å²) in [6, 6.07) is 2.20. The van der Waals surface area contributed by atoms with Crippen LogP contribution in [0, 0.1) is 19.7 Å². The lowest BCUT2D eigenvalue weighted by atomic mass is 10.2. The van der Waals surface area contributed by atoms with Gasteiger partial charge in [0.1, 0.15) is 10.8 Å². The Balaban J connectivity index is 2.22. The Morgan fingerprint density at radius 2 is 2.10 bits per heavy atom. The number of halogens is 1. The van der Waals surface area contributed by atoms with E-state index in [1.54, 1.807) is 6.20 Å². The summed E-state index contributed by atoms with van der Waals surface area (Å²) in [6.07, 6.45) is 1.66. The Kier molecular flexibility index (Phi) is 4.07. The van der Waals surface area contributed by atoms with E-state index in [2.05, 4.69) is 9.71 Å². The number of anilines is 1. The van der Waals surface area contributed by atoms with E-state index < -0.39 is 15.8 Å². The Hall–Kier alpha value is -1.51. The van der Waals surface area contributed by atoms with Gasteiger partial charge in [-0.05, 0) is 26.0 Å². The molecule has 2 rings (SSSR count). The predicted molar refractivity (Wildman–Crippen MR) is 76.4 cm³/mol. The number of hydrogen-bond acceptors (Lipinski definition) is 5. The number of thiazole rings is 1. The molecule has 20 heavy (non-hydrogen) atoms. The standard InChI is InChI=1S/C12H14FN3O2S2/c1-7-5-15-12(19-7)6-16-20(17,18)9-3-10(13)8(2)11(14)4-9/h3-5,16H,6,14H2,1-2H3. The van der Waals surface area contributed by atoms with Gasteiger partial charge in [0.05, 0.1) is 11.4 Å². The van der Waals surface area contributed by atoms with Crippen molar-refractivity contribution in [3.63, 3.8) is 0 Å². The predicted octanol–water partition coefficient (Wildman–Crippen LogP) is 1.96. The van der Waals surface area contributed by atoms with Crippen molar-refractivity contribution < 1.29 is 12.8 Å². The fourth-order valence-corrected chi connectivity index (χ4v) is 3.40. The number of nitrogens with one attached hydrogen (secondary N) is 1. The van der Waals surface area contributed by atoms with Crippen LogP contribution in [0.1, 0.15) is 15.4 Å². The van der Waals surface area contributed by atoms with E-state index in [9.17, 15) is 12.8 Å². The molecule has 5 nitrogen and oxygen atoms in total. The van der Waals surface area contributed by atoms with Crippen LogP contribution in [0.25, 0.3) is 0 Å². The summed E-state index contributed by atoms with van der Waals surface area (Å²) in [4.78, 5) is 4.86. The maximum atomic E-state index is 13.6. The molecule has 1 aromatic heterocycles. The molecule has 0 aliphatic heterocycles. The van der Waals surface area contributed by atoms with Gasteiger partial charge in [0.2, 0.25) is 10.0 Å². The molecule has 0 fully saturated rings. The van der Waals surface area contributed by atoms with E-state index in [1.165, 1.54) is 24.3 Å². The van der Waals surface area contributed by atoms with Crippen molar-refractivity contribution in [1.29, 1.82) is 0 Å². The molecule has 3 N–H and O–H groups in total. The van der Waals surface area contributed by atoms with Crippen LogP contribution in [0.15, 0.2) is 23.2 Å². The largest absolute Gasteiger partial charge is 0.398 e. The molecule has 0 amide bonds. The van der Waals surface area contributed by atoms with E-state index in [0.29, 0.717) is 5.01 Å². The van der Waals surface area contributed by atoms with Crippen molar-refractivity contribution in [2.75, 3.05) is 5.73 Å². The fourth-order valence-electron chi connectivity index (χ4n) is 1.55. The topological polar surface area (TPSA) is 85.1 Å². The highest BCUT2D eigenvalue weighted by molar-refractivity contribution is 7.89. The molecule has 0 unspecified atom stereocenters. The Morgan fingerprint density at radius 1 is 1.40 bits per heavy atom. The van der Waals surface area contributed by atoms with E-state index in [0.717, 1.165) is 10.9 Å². The summed E-state index contributed by atoms with van der Waals surface area (Å²) in [7, 11) is -3.81. The fraction of sp³-hybridized carbons (Fsp3) is 0.250. The van der Waals surface area contributed by atoms with Gasteiger partial charge in [-0.1, -0.05) is 0 Å². The second kappa shape index (κ2) is 5.47. The van der Waals surface area contributed by atoms with E-state index >= 15 is 0 Å². The summed E-state index contributed by atoms with van der Waals surface area (Å²) >= 11 is 1.40. The van der Waals surface area contributed by atoms with Crippen molar-refractivity contribution in [2.45, 2.75) is 25.3 Å². The average Bonchev–Trinajstić information content (AvgIpc) is 2.79. The number of aryl methyl sites for hydroxylation is 1. The molecule has 0 aliphatic rings. The van der Waals surface area contributed by atoms with Crippen LogP contribution in [0.2, 0.25) is 0 Å². The van der Waals surface area contributed by atoms with Crippen LogP contribution < -0.4 is 10.5 Å². The number of nitrogen functional groups attached to an aromatic ring is 1. The molecule has 0 bridgehead atoms. The minimum Gasteiger partial charge on any atom is -0.398 e. The summed E-state index contributed by atoms with van der Waals surface area (Å²) in [5, 5.41) is 0.645. The van der Waals surface area contributed by atoms with Gasteiger partial charge in [-0.15, -0.1) is 11.3 Å². The summed E-state index contributed by atoms with van der Waals surface area (Å²) in [5.74, 6) is -0.643. The monoisotopic (exact) mass is 315 g/mol. The zero-order chi connectivity index (χ0) is 14.9.